The van der Waals surface area contributed by atoms with Crippen molar-refractivity contribution >= 4 is 144 Å². The number of para-hydroxylation sites is 6. The first kappa shape index (κ1) is 85.1. The fraction of sp³-hybridized carbons (Fsp3) is 0. The predicted octanol–water partition coefficient (Wildman–Crippen LogP) is 33.8. The van der Waals surface area contributed by atoms with Gasteiger partial charge in [-0.2, -0.15) is 0 Å². The number of benzene rings is 21. The Morgan fingerprint density at radius 2 is 0.404 bits per heavy atom. The normalized spacial score (nSPS) is 11.2. The Labute approximate surface area is 807 Å². The molecule has 7 nitrogen and oxygen atoms in total. The van der Waals surface area contributed by atoms with Crippen LogP contribution in [0.15, 0.2) is 531 Å². The van der Waals surface area contributed by atoms with Crippen molar-refractivity contribution in [2.24, 2.45) is 0 Å². The molecule has 3 aromatic heterocycles. The summed E-state index contributed by atoms with van der Waals surface area (Å²) < 4.78 is 9.10. The van der Waals surface area contributed by atoms with Gasteiger partial charge in [-0.1, -0.05) is 384 Å². The van der Waals surface area contributed by atoms with E-state index in [1.54, 1.807) is 6.07 Å². The lowest BCUT2D eigenvalue weighted by Gasteiger charge is -2.26. The number of hydrogen-bond acceptors (Lipinski definition) is 4. The van der Waals surface area contributed by atoms with Gasteiger partial charge < -0.3 is 33.5 Å². The molecular formula is C126H88BBr2N5O2. The zero-order valence-electron chi connectivity index (χ0n) is 74.1. The molecule has 10 heteroatoms. The van der Waals surface area contributed by atoms with Crippen LogP contribution in [0.2, 0.25) is 0 Å². The standard InChI is InChI=1S/C72H49N3.C36H25Br2N.C18H14BNO2/c1-5-18-50(19-6-1)52-32-40-59(41-33-52)73(60-42-34-53(35-43-60)51-20-7-2-8-21-51)61-44-36-54(37-45-61)72-62(55-38-46-70-66(48-55)64-26-13-15-30-68(64)74(70)57-22-9-3-10-23-57)28-17-29-63(72)56-39-47-71-67(49-56)65-27-14-16-31-69(65)75(71)58-24-11-4-12-25-58;37-34-12-7-13-35(38)36(34)30-18-24-33(25-19-30)39(31-20-14-28(15-21-31)26-8-3-1-4-9-26)32-22-16-29(17-23-32)27-10-5-2-6-11-27;21-19(22)13-10-11-18-16(12-13)15-8-4-5-9-17(15)20(18)14-6-2-1-3-7-14/h1-49H;1-25H;1-12,21-22H. The molecule has 24 rings (SSSR count). The first-order valence-corrected chi connectivity index (χ1v) is 47.4. The summed E-state index contributed by atoms with van der Waals surface area (Å²) in [4.78, 5) is 4.68. The Morgan fingerprint density at radius 1 is 0.176 bits per heavy atom. The fourth-order valence-corrected chi connectivity index (χ4v) is 20.8. The molecule has 0 spiro atoms. The first-order valence-electron chi connectivity index (χ1n) is 45.8. The monoisotopic (exact) mass is 1870 g/mol. The summed E-state index contributed by atoms with van der Waals surface area (Å²) in [5, 5.41) is 25.9. The molecule has 0 fully saturated rings. The minimum atomic E-state index is -1.46. The lowest BCUT2D eigenvalue weighted by molar-refractivity contribution is 0.426. The third-order valence-corrected chi connectivity index (χ3v) is 27.1. The summed E-state index contributed by atoms with van der Waals surface area (Å²) in [5.74, 6) is 0. The molecule has 0 saturated heterocycles. The van der Waals surface area contributed by atoms with Crippen LogP contribution in [-0.2, 0) is 0 Å². The van der Waals surface area contributed by atoms with E-state index in [0.29, 0.717) is 5.46 Å². The maximum Gasteiger partial charge on any atom is 0.488 e. The van der Waals surface area contributed by atoms with Crippen LogP contribution in [0.3, 0.4) is 0 Å². The first-order chi connectivity index (χ1) is 67.1. The topological polar surface area (TPSA) is 61.7 Å². The van der Waals surface area contributed by atoms with Gasteiger partial charge in [0.05, 0.1) is 33.1 Å². The van der Waals surface area contributed by atoms with E-state index in [4.69, 9.17) is 0 Å². The number of aromatic nitrogens is 3. The molecule has 3 heterocycles. The van der Waals surface area contributed by atoms with Crippen LogP contribution in [0.5, 0.6) is 0 Å². The van der Waals surface area contributed by atoms with Crippen molar-refractivity contribution < 1.29 is 10.0 Å². The van der Waals surface area contributed by atoms with Gasteiger partial charge in [-0.25, -0.2) is 0 Å². The van der Waals surface area contributed by atoms with Crippen molar-refractivity contribution in [3.63, 3.8) is 0 Å². The van der Waals surface area contributed by atoms with Crippen LogP contribution in [0.25, 0.3) is 171 Å². The highest BCUT2D eigenvalue weighted by atomic mass is 79.9. The number of rotatable bonds is 18. The minimum absolute atomic E-state index is 0.503. The number of hydrogen-bond donors (Lipinski definition) is 2. The Balaban J connectivity index is 0.000000144. The maximum absolute atomic E-state index is 9.43. The van der Waals surface area contributed by atoms with Crippen molar-refractivity contribution in [2.75, 3.05) is 9.80 Å². The third-order valence-electron chi connectivity index (χ3n) is 25.8. The SMILES string of the molecule is Brc1cccc(Br)c1-c1ccc(N(c2ccc(-c3ccccc3)cc2)c2ccc(-c3ccccc3)cc2)cc1.OB(O)c1ccc2c(c1)c1ccccc1n2-c1ccccc1.c1ccc(-c2ccc(N(c3ccc(-c4ccccc4)cc3)c3ccc(-c4c(-c5ccc6c(c5)c5ccccc5n6-c5ccccc5)cccc4-c4ccc5c(c4)c4ccccc4n5-c4ccccc4)cc3)cc2)cc1. The van der Waals surface area contributed by atoms with Gasteiger partial charge in [0.25, 0.3) is 0 Å². The van der Waals surface area contributed by atoms with E-state index < -0.39 is 7.12 Å². The molecule has 0 bridgehead atoms. The average Bonchev–Trinajstić information content (AvgIpc) is 1.58. The van der Waals surface area contributed by atoms with E-state index in [2.05, 4.69) is 522 Å². The molecule has 0 aliphatic carbocycles. The summed E-state index contributed by atoms with van der Waals surface area (Å²) in [5.41, 5.74) is 36.3. The molecule has 21 aromatic carbocycles. The highest BCUT2D eigenvalue weighted by molar-refractivity contribution is 9.11. The van der Waals surface area contributed by atoms with Gasteiger partial charge in [-0.15, -0.1) is 0 Å². The molecule has 0 atom stereocenters. The van der Waals surface area contributed by atoms with E-state index in [0.717, 1.165) is 98.6 Å². The predicted molar refractivity (Wildman–Crippen MR) is 580 cm³/mol. The number of halogens is 2. The molecule has 2 N–H and O–H groups in total. The number of anilines is 6. The van der Waals surface area contributed by atoms with Gasteiger partial charge in [0, 0.05) is 98.0 Å². The summed E-state index contributed by atoms with van der Waals surface area (Å²) in [6, 6.07) is 186. The molecule has 0 aliphatic rings. The van der Waals surface area contributed by atoms with Gasteiger partial charge in [0.15, 0.2) is 0 Å². The lowest BCUT2D eigenvalue weighted by atomic mass is 9.80. The molecule has 0 amide bonds. The van der Waals surface area contributed by atoms with Gasteiger partial charge >= 0.3 is 7.12 Å². The van der Waals surface area contributed by atoms with Crippen LogP contribution in [0.4, 0.5) is 34.1 Å². The quantitative estimate of drug-likeness (QED) is 0.0841. The van der Waals surface area contributed by atoms with Gasteiger partial charge in [0.2, 0.25) is 0 Å². The molecule has 0 unspecified atom stereocenters. The Kier molecular flexibility index (Phi) is 23.8. The van der Waals surface area contributed by atoms with Crippen molar-refractivity contribution in [3.8, 4) is 106 Å². The van der Waals surface area contributed by atoms with Crippen molar-refractivity contribution in [3.05, 3.63) is 531 Å². The highest BCUT2D eigenvalue weighted by Gasteiger charge is 2.24. The smallest absolute Gasteiger partial charge is 0.423 e. The second kappa shape index (κ2) is 38.0. The van der Waals surface area contributed by atoms with E-state index in [-0.39, 0.29) is 0 Å². The van der Waals surface area contributed by atoms with Gasteiger partial charge in [-0.05, 0) is 259 Å². The van der Waals surface area contributed by atoms with Crippen molar-refractivity contribution in [2.45, 2.75) is 0 Å². The summed E-state index contributed by atoms with van der Waals surface area (Å²) in [7, 11) is -1.46. The van der Waals surface area contributed by atoms with E-state index in [1.807, 2.05) is 48.5 Å². The second-order valence-corrected chi connectivity index (χ2v) is 35.6. The Bertz CT molecular complexity index is 8020. The minimum Gasteiger partial charge on any atom is -0.423 e. The van der Waals surface area contributed by atoms with E-state index in [9.17, 15) is 10.0 Å². The van der Waals surface area contributed by atoms with Crippen LogP contribution >= 0.6 is 31.9 Å². The van der Waals surface area contributed by atoms with Gasteiger partial charge in [-0.3, -0.25) is 0 Å². The van der Waals surface area contributed by atoms with Crippen molar-refractivity contribution in [1.82, 2.24) is 13.7 Å². The van der Waals surface area contributed by atoms with Crippen molar-refractivity contribution in [1.29, 1.82) is 0 Å². The zero-order valence-corrected chi connectivity index (χ0v) is 77.3. The second-order valence-electron chi connectivity index (χ2n) is 33.9. The molecule has 0 saturated carbocycles. The molecule has 136 heavy (non-hydrogen) atoms. The van der Waals surface area contributed by atoms with E-state index in [1.165, 1.54) is 116 Å². The molecule has 0 aliphatic heterocycles. The average molecular weight is 1870 g/mol. The number of nitrogens with zero attached hydrogens (tertiary/aromatic N) is 5. The summed E-state index contributed by atoms with van der Waals surface area (Å²) >= 11 is 7.43. The molecule has 646 valence electrons. The molecular weight excluding hydrogens is 1790 g/mol. The third kappa shape index (κ3) is 16.9. The summed E-state index contributed by atoms with van der Waals surface area (Å²) in [6.45, 7) is 0. The van der Waals surface area contributed by atoms with Crippen LogP contribution < -0.4 is 15.3 Å². The van der Waals surface area contributed by atoms with E-state index >= 15 is 0 Å². The van der Waals surface area contributed by atoms with Crippen LogP contribution in [0.1, 0.15) is 0 Å². The van der Waals surface area contributed by atoms with Crippen LogP contribution in [-0.4, -0.2) is 30.9 Å². The van der Waals surface area contributed by atoms with Crippen LogP contribution in [0, 0.1) is 0 Å². The van der Waals surface area contributed by atoms with Gasteiger partial charge in [0.1, 0.15) is 0 Å². The molecule has 24 aromatic rings. The number of fused-ring (bicyclic) bond motifs is 9. The Hall–Kier alpha value is -16.4. The Morgan fingerprint density at radius 3 is 0.706 bits per heavy atom. The highest BCUT2D eigenvalue weighted by Crippen LogP contribution is 2.48. The molecule has 0 radical (unpaired) electrons. The zero-order chi connectivity index (χ0) is 91.4. The summed E-state index contributed by atoms with van der Waals surface area (Å²) in [6.07, 6.45) is 0. The largest absolute Gasteiger partial charge is 0.488 e. The maximum atomic E-state index is 9.43. The lowest BCUT2D eigenvalue weighted by Crippen LogP contribution is -2.29. The fourth-order valence-electron chi connectivity index (χ4n) is 19.3.